The average Bonchev–Trinajstić information content (AvgIpc) is 3.25. The smallest absolute Gasteiger partial charge is 0.451 e. The summed E-state index contributed by atoms with van der Waals surface area (Å²) in [4.78, 5) is 33.2. The number of hydrogen-bond acceptors (Lipinski definition) is 8. The van der Waals surface area contributed by atoms with Gasteiger partial charge in [-0.25, -0.2) is 22.8 Å². The predicted molar refractivity (Wildman–Crippen MR) is 110 cm³/mol. The van der Waals surface area contributed by atoms with Gasteiger partial charge in [-0.2, -0.15) is 13.2 Å². The summed E-state index contributed by atoms with van der Waals surface area (Å²) in [6.07, 6.45) is -9.64. The number of halogens is 6. The first-order valence-corrected chi connectivity index (χ1v) is 10.5. The number of benzene rings is 1. The van der Waals surface area contributed by atoms with Crippen molar-refractivity contribution in [3.8, 4) is 0 Å². The number of carbonyl (C=O) groups is 3. The molecule has 0 unspecified atom stereocenters. The summed E-state index contributed by atoms with van der Waals surface area (Å²) in [5, 5.41) is 39.1. The molecule has 210 valence electrons. The lowest BCUT2D eigenvalue weighted by atomic mass is 10.0. The number of carboxylic acid groups (broad SMARTS) is 2. The molecule has 1 aliphatic heterocycles. The van der Waals surface area contributed by atoms with E-state index in [0.29, 0.717) is 12.1 Å². The van der Waals surface area contributed by atoms with Gasteiger partial charge in [0.05, 0.1) is 6.54 Å². The van der Waals surface area contributed by atoms with Crippen LogP contribution >= 0.6 is 0 Å². The molecule has 38 heavy (non-hydrogen) atoms. The number of nitrogens with two attached hydrogens (primary N) is 1. The van der Waals surface area contributed by atoms with Crippen LogP contribution in [-0.4, -0.2) is 82.7 Å². The van der Waals surface area contributed by atoms with Crippen LogP contribution in [0.25, 0.3) is 0 Å². The number of aliphatic hydroxyl groups is 2. The summed E-state index contributed by atoms with van der Waals surface area (Å²) in [5.74, 6) is -8.68. The number of aliphatic hydroxyl groups excluding tert-OH is 2. The Hall–Kier alpha value is -3.77. The van der Waals surface area contributed by atoms with Gasteiger partial charge in [0.15, 0.2) is 29.7 Å². The quantitative estimate of drug-likeness (QED) is 0.227. The van der Waals surface area contributed by atoms with Crippen LogP contribution in [0.15, 0.2) is 12.1 Å². The zero-order chi connectivity index (χ0) is 28.9. The molecule has 6 N–H and O–H groups in total. The Morgan fingerprint density at radius 1 is 0.947 bits per heavy atom. The molecule has 12 nitrogen and oxygen atoms in total. The highest BCUT2D eigenvalue weighted by molar-refractivity contribution is 5.83. The second-order valence-electron chi connectivity index (χ2n) is 8.00. The van der Waals surface area contributed by atoms with Crippen molar-refractivity contribution >= 4 is 17.8 Å². The monoisotopic (exact) mass is 557 g/mol. The fourth-order valence-electron chi connectivity index (χ4n) is 3.28. The Morgan fingerprint density at radius 3 is 2.03 bits per heavy atom. The Balaban J connectivity index is 0.000000432. The number of carboxylic acids is 2. The first kappa shape index (κ1) is 30.5. The Kier molecular flexibility index (Phi) is 9.76. The van der Waals surface area contributed by atoms with Gasteiger partial charge in [0.25, 0.3) is 0 Å². The number of alkyl halides is 3. The van der Waals surface area contributed by atoms with E-state index < -0.39 is 65.5 Å². The van der Waals surface area contributed by atoms with Crippen molar-refractivity contribution in [2.45, 2.75) is 50.4 Å². The first-order chi connectivity index (χ1) is 17.5. The van der Waals surface area contributed by atoms with Crippen molar-refractivity contribution < 1.29 is 61.2 Å². The van der Waals surface area contributed by atoms with Gasteiger partial charge in [-0.3, -0.25) is 4.79 Å². The normalized spacial score (nSPS) is 15.6. The van der Waals surface area contributed by atoms with Crippen molar-refractivity contribution in [2.24, 2.45) is 5.73 Å². The van der Waals surface area contributed by atoms with E-state index in [4.69, 9.17) is 26.2 Å². The molecule has 1 aliphatic rings. The number of amides is 1. The summed E-state index contributed by atoms with van der Waals surface area (Å²) in [6, 6.07) is 0.184. The molecular weight excluding hydrogens is 536 g/mol. The van der Waals surface area contributed by atoms with Gasteiger partial charge in [-0.15, -0.1) is 10.2 Å². The minimum atomic E-state index is -4.64. The molecule has 0 aliphatic carbocycles. The molecule has 1 aromatic carbocycles. The highest BCUT2D eigenvalue weighted by Gasteiger charge is 2.40. The van der Waals surface area contributed by atoms with Gasteiger partial charge < -0.3 is 35.6 Å². The van der Waals surface area contributed by atoms with Crippen molar-refractivity contribution in [1.82, 2.24) is 19.7 Å². The minimum absolute atomic E-state index is 0.000783. The van der Waals surface area contributed by atoms with Gasteiger partial charge in [-0.1, -0.05) is 0 Å². The number of carbonyl (C=O) groups excluding carboxylic acids is 1. The number of rotatable bonds is 7. The van der Waals surface area contributed by atoms with Gasteiger partial charge in [-0.05, 0) is 18.1 Å². The predicted octanol–water partition coefficient (Wildman–Crippen LogP) is -0.106. The van der Waals surface area contributed by atoms with Crippen LogP contribution in [0.1, 0.15) is 23.6 Å². The lowest BCUT2D eigenvalue weighted by Crippen LogP contribution is -2.42. The van der Waals surface area contributed by atoms with E-state index in [2.05, 4.69) is 10.2 Å². The summed E-state index contributed by atoms with van der Waals surface area (Å²) >= 11 is 0. The molecule has 0 spiro atoms. The molecule has 3 atom stereocenters. The Bertz CT molecular complexity index is 1170. The van der Waals surface area contributed by atoms with Gasteiger partial charge in [0, 0.05) is 31.6 Å². The van der Waals surface area contributed by atoms with Crippen LogP contribution in [0.4, 0.5) is 26.3 Å². The van der Waals surface area contributed by atoms with Gasteiger partial charge in [0.2, 0.25) is 11.7 Å². The average molecular weight is 557 g/mol. The van der Waals surface area contributed by atoms with Crippen molar-refractivity contribution in [1.29, 1.82) is 0 Å². The second kappa shape index (κ2) is 12.2. The van der Waals surface area contributed by atoms with Crippen LogP contribution < -0.4 is 5.73 Å². The maximum atomic E-state index is 13.7. The highest BCUT2D eigenvalue weighted by Crippen LogP contribution is 2.29. The van der Waals surface area contributed by atoms with Gasteiger partial charge >= 0.3 is 18.1 Å². The fourth-order valence-corrected chi connectivity index (χ4v) is 3.28. The third-order valence-electron chi connectivity index (χ3n) is 5.17. The van der Waals surface area contributed by atoms with E-state index in [0.717, 1.165) is 4.57 Å². The molecular formula is C20H21F6N5O7. The van der Waals surface area contributed by atoms with Crippen LogP contribution in [0, 0.1) is 17.5 Å². The first-order valence-electron chi connectivity index (χ1n) is 10.5. The van der Waals surface area contributed by atoms with Gasteiger partial charge in [0.1, 0.15) is 5.82 Å². The van der Waals surface area contributed by atoms with Crippen molar-refractivity contribution in [3.05, 3.63) is 46.8 Å². The van der Waals surface area contributed by atoms with E-state index >= 15 is 0 Å². The molecule has 0 bridgehead atoms. The lowest BCUT2D eigenvalue weighted by Gasteiger charge is -2.29. The van der Waals surface area contributed by atoms with E-state index in [-0.39, 0.29) is 43.9 Å². The molecule has 0 radical (unpaired) electrons. The molecule has 0 saturated carbocycles. The molecule has 0 fully saturated rings. The molecule has 18 heteroatoms. The topological polar surface area (TPSA) is 192 Å². The number of aliphatic carboxylic acids is 2. The minimum Gasteiger partial charge on any atom is -0.479 e. The Labute approximate surface area is 208 Å². The summed E-state index contributed by atoms with van der Waals surface area (Å²) in [5.41, 5.74) is 5.64. The second-order valence-corrected chi connectivity index (χ2v) is 8.00. The Morgan fingerprint density at radius 2 is 1.50 bits per heavy atom. The number of aromatic nitrogens is 3. The highest BCUT2D eigenvalue weighted by atomic mass is 19.4. The van der Waals surface area contributed by atoms with Crippen LogP contribution in [-0.2, 0) is 40.1 Å². The zero-order valence-electron chi connectivity index (χ0n) is 19.1. The number of hydrogen-bond donors (Lipinski definition) is 5. The summed E-state index contributed by atoms with van der Waals surface area (Å²) in [7, 11) is 0. The molecule has 1 amide bonds. The standard InChI is InChI=1S/C16H15F6N5O.C4H6O6/c17-10-6-12(19)11(18)4-8(10)3-9(23)5-14(28)26-1-2-27-13(7-26)24-25-15(27)16(20,21)22;5-1(3(7)8)2(6)4(9)10/h4,6,9H,1-3,5,7,23H2;1-2,5-6H,(H,7,8)(H,9,10)/t9-;1-,2-/m11/s1. The van der Waals surface area contributed by atoms with Crippen LogP contribution in [0.3, 0.4) is 0 Å². The fraction of sp³-hybridized carbons (Fsp3) is 0.450. The summed E-state index contributed by atoms with van der Waals surface area (Å²) < 4.78 is 79.3. The SMILES string of the molecule is N[C@@H](CC(=O)N1CCn2c(nnc2C(F)(F)F)C1)Cc1cc(F)c(F)cc1F.O=C(O)[C@H](O)[C@@H](O)C(=O)O. The molecule has 2 heterocycles. The molecule has 2 aromatic rings. The zero-order valence-corrected chi connectivity index (χ0v) is 19.1. The van der Waals surface area contributed by atoms with Crippen molar-refractivity contribution in [2.75, 3.05) is 6.54 Å². The van der Waals surface area contributed by atoms with Crippen LogP contribution in [0.2, 0.25) is 0 Å². The van der Waals surface area contributed by atoms with E-state index in [1.807, 2.05) is 0 Å². The summed E-state index contributed by atoms with van der Waals surface area (Å²) in [6.45, 7) is -0.302. The van der Waals surface area contributed by atoms with E-state index in [1.165, 1.54) is 4.90 Å². The van der Waals surface area contributed by atoms with E-state index in [1.54, 1.807) is 0 Å². The third kappa shape index (κ3) is 7.62. The van der Waals surface area contributed by atoms with Crippen LogP contribution in [0.5, 0.6) is 0 Å². The number of fused-ring (bicyclic) bond motifs is 1. The maximum Gasteiger partial charge on any atom is 0.451 e. The third-order valence-corrected chi connectivity index (χ3v) is 5.17. The number of nitrogens with zero attached hydrogens (tertiary/aromatic N) is 4. The maximum absolute atomic E-state index is 13.7. The largest absolute Gasteiger partial charge is 0.479 e. The molecule has 1 aromatic heterocycles. The lowest BCUT2D eigenvalue weighted by molar-refractivity contribution is -0.165. The molecule has 3 rings (SSSR count). The van der Waals surface area contributed by atoms with E-state index in [9.17, 15) is 40.7 Å². The molecule has 0 saturated heterocycles. The van der Waals surface area contributed by atoms with Crippen molar-refractivity contribution in [3.63, 3.8) is 0 Å².